The Bertz CT molecular complexity index is 891. The summed E-state index contributed by atoms with van der Waals surface area (Å²) in [5.41, 5.74) is 5.99. The van der Waals surface area contributed by atoms with Gasteiger partial charge >= 0.3 is 5.97 Å². The molecule has 2 N–H and O–H groups in total. The Hall–Kier alpha value is -2.72. The van der Waals surface area contributed by atoms with Gasteiger partial charge in [0.15, 0.2) is 0 Å². The van der Waals surface area contributed by atoms with Crippen molar-refractivity contribution in [2.45, 2.75) is 18.4 Å². The maximum absolute atomic E-state index is 10.6. The number of hydrogen-bond donors (Lipinski definition) is 2. The fourth-order valence-corrected chi connectivity index (χ4v) is 3.38. The second-order valence-corrected chi connectivity index (χ2v) is 7.12. The first kappa shape index (κ1) is 18.1. The van der Waals surface area contributed by atoms with Crippen molar-refractivity contribution in [2.75, 3.05) is 11.1 Å². The highest BCUT2D eigenvalue weighted by Crippen LogP contribution is 2.25. The predicted molar refractivity (Wildman–Crippen MR) is 109 cm³/mol. The maximum Gasteiger partial charge on any atom is 0.313 e. The first-order valence-electron chi connectivity index (χ1n) is 8.45. The van der Waals surface area contributed by atoms with Crippen LogP contribution in [0.4, 0.5) is 5.69 Å². The largest absolute Gasteiger partial charge is 0.481 e. The van der Waals surface area contributed by atoms with Crippen LogP contribution in [0.2, 0.25) is 0 Å². The van der Waals surface area contributed by atoms with Crippen molar-refractivity contribution >= 4 is 23.4 Å². The normalized spacial score (nSPS) is 10.5. The van der Waals surface area contributed by atoms with Crippen LogP contribution in [-0.4, -0.2) is 16.8 Å². The molecule has 0 spiro atoms. The van der Waals surface area contributed by atoms with Gasteiger partial charge in [0.1, 0.15) is 0 Å². The second kappa shape index (κ2) is 8.59. The van der Waals surface area contributed by atoms with E-state index in [1.165, 1.54) is 34.0 Å². The van der Waals surface area contributed by atoms with Crippen molar-refractivity contribution in [1.29, 1.82) is 0 Å². The fraction of sp³-hybridized carbons (Fsp3) is 0.136. The highest BCUT2D eigenvalue weighted by molar-refractivity contribution is 8.00. The van der Waals surface area contributed by atoms with Gasteiger partial charge in [0.05, 0.1) is 5.75 Å². The minimum Gasteiger partial charge on any atom is -0.481 e. The van der Waals surface area contributed by atoms with E-state index < -0.39 is 5.97 Å². The Kier molecular flexibility index (Phi) is 5.97. The summed E-state index contributed by atoms with van der Waals surface area (Å²) in [6, 6.07) is 24.8. The Balaban J connectivity index is 1.64. The molecule has 0 heterocycles. The topological polar surface area (TPSA) is 49.3 Å². The molecule has 3 aromatic carbocycles. The summed E-state index contributed by atoms with van der Waals surface area (Å²) in [4.78, 5) is 11.6. The summed E-state index contributed by atoms with van der Waals surface area (Å²) in [6.07, 6.45) is 0. The SMILES string of the molecule is Cc1ccccc1-c1cccc(CNc2ccc(SCC(=O)O)cc2)c1. The molecule has 0 atom stereocenters. The number of benzene rings is 3. The summed E-state index contributed by atoms with van der Waals surface area (Å²) >= 11 is 1.33. The smallest absolute Gasteiger partial charge is 0.313 e. The van der Waals surface area contributed by atoms with Crippen LogP contribution in [0.5, 0.6) is 0 Å². The number of nitrogens with one attached hydrogen (secondary N) is 1. The van der Waals surface area contributed by atoms with Crippen LogP contribution >= 0.6 is 11.8 Å². The van der Waals surface area contributed by atoms with Gasteiger partial charge in [-0.1, -0.05) is 42.5 Å². The fourth-order valence-electron chi connectivity index (χ4n) is 2.76. The van der Waals surface area contributed by atoms with Crippen molar-refractivity contribution < 1.29 is 9.90 Å². The summed E-state index contributed by atoms with van der Waals surface area (Å²) in [5.74, 6) is -0.718. The Labute approximate surface area is 158 Å². The van der Waals surface area contributed by atoms with E-state index in [4.69, 9.17) is 5.11 Å². The molecule has 0 saturated heterocycles. The molecule has 0 aliphatic rings. The lowest BCUT2D eigenvalue weighted by atomic mass is 9.99. The van der Waals surface area contributed by atoms with E-state index in [2.05, 4.69) is 60.8 Å². The molecule has 3 rings (SSSR count). The lowest BCUT2D eigenvalue weighted by molar-refractivity contribution is -0.133. The molecular formula is C22H21NO2S. The molecule has 0 saturated carbocycles. The second-order valence-electron chi connectivity index (χ2n) is 6.08. The van der Waals surface area contributed by atoms with E-state index in [9.17, 15) is 4.79 Å². The predicted octanol–water partition coefficient (Wildman–Crippen LogP) is 5.45. The standard InChI is InChI=1S/C22H21NO2S/c1-16-5-2-3-8-21(16)18-7-4-6-17(13-18)14-23-19-9-11-20(12-10-19)26-15-22(24)25/h2-13,23H,14-15H2,1H3,(H,24,25). The molecule has 0 amide bonds. The van der Waals surface area contributed by atoms with E-state index in [-0.39, 0.29) is 5.75 Å². The number of anilines is 1. The summed E-state index contributed by atoms with van der Waals surface area (Å²) in [5, 5.41) is 12.1. The third-order valence-corrected chi connectivity index (χ3v) is 5.09. The van der Waals surface area contributed by atoms with Gasteiger partial charge in [-0.25, -0.2) is 0 Å². The van der Waals surface area contributed by atoms with Crippen LogP contribution in [0, 0.1) is 6.92 Å². The van der Waals surface area contributed by atoms with Crippen molar-refractivity contribution in [3.05, 3.63) is 83.9 Å². The van der Waals surface area contributed by atoms with Crippen LogP contribution in [-0.2, 0) is 11.3 Å². The summed E-state index contributed by atoms with van der Waals surface area (Å²) in [6.45, 7) is 2.87. The molecular weight excluding hydrogens is 342 g/mol. The third-order valence-electron chi connectivity index (χ3n) is 4.10. The van der Waals surface area contributed by atoms with Gasteiger partial charge in [-0.15, -0.1) is 11.8 Å². The number of aliphatic carboxylic acids is 1. The minimum absolute atomic E-state index is 0.0818. The average Bonchev–Trinajstić information content (AvgIpc) is 2.66. The van der Waals surface area contributed by atoms with E-state index in [1.54, 1.807) is 0 Å². The molecule has 0 aliphatic carbocycles. The number of hydrogen-bond acceptors (Lipinski definition) is 3. The Morgan fingerprint density at radius 1 is 1.00 bits per heavy atom. The highest BCUT2D eigenvalue weighted by atomic mass is 32.2. The Morgan fingerprint density at radius 3 is 2.50 bits per heavy atom. The van der Waals surface area contributed by atoms with Crippen LogP contribution in [0.25, 0.3) is 11.1 Å². The zero-order valence-corrected chi connectivity index (χ0v) is 15.4. The van der Waals surface area contributed by atoms with E-state index in [0.29, 0.717) is 0 Å². The average molecular weight is 363 g/mol. The number of carboxylic acids is 1. The number of rotatable bonds is 7. The van der Waals surface area contributed by atoms with E-state index in [1.807, 2.05) is 24.3 Å². The molecule has 3 nitrogen and oxygen atoms in total. The van der Waals surface area contributed by atoms with Crippen molar-refractivity contribution in [3.8, 4) is 11.1 Å². The van der Waals surface area contributed by atoms with Gasteiger partial charge in [0.25, 0.3) is 0 Å². The van der Waals surface area contributed by atoms with Crippen molar-refractivity contribution in [3.63, 3.8) is 0 Å². The van der Waals surface area contributed by atoms with Gasteiger partial charge in [0, 0.05) is 17.1 Å². The summed E-state index contributed by atoms with van der Waals surface area (Å²) < 4.78 is 0. The molecule has 0 unspecified atom stereocenters. The van der Waals surface area contributed by atoms with Gasteiger partial charge in [0.2, 0.25) is 0 Å². The van der Waals surface area contributed by atoms with Crippen LogP contribution < -0.4 is 5.32 Å². The van der Waals surface area contributed by atoms with Gasteiger partial charge in [-0.2, -0.15) is 0 Å². The van der Waals surface area contributed by atoms with Gasteiger partial charge in [-0.05, 0) is 59.5 Å². The maximum atomic E-state index is 10.6. The first-order valence-corrected chi connectivity index (χ1v) is 9.44. The van der Waals surface area contributed by atoms with E-state index >= 15 is 0 Å². The van der Waals surface area contributed by atoms with Crippen molar-refractivity contribution in [2.24, 2.45) is 0 Å². The molecule has 0 fully saturated rings. The van der Waals surface area contributed by atoms with Gasteiger partial charge < -0.3 is 10.4 Å². The third kappa shape index (κ3) is 4.90. The zero-order chi connectivity index (χ0) is 18.4. The molecule has 0 aliphatic heterocycles. The molecule has 26 heavy (non-hydrogen) atoms. The Morgan fingerprint density at radius 2 is 1.77 bits per heavy atom. The van der Waals surface area contributed by atoms with Crippen LogP contribution in [0.15, 0.2) is 77.7 Å². The van der Waals surface area contributed by atoms with Gasteiger partial charge in [-0.3, -0.25) is 4.79 Å². The van der Waals surface area contributed by atoms with Crippen LogP contribution in [0.1, 0.15) is 11.1 Å². The lowest BCUT2D eigenvalue weighted by Crippen LogP contribution is -2.00. The quantitative estimate of drug-likeness (QED) is 0.548. The lowest BCUT2D eigenvalue weighted by Gasteiger charge is -2.10. The molecule has 0 bridgehead atoms. The number of carbonyl (C=O) groups is 1. The monoisotopic (exact) mass is 363 g/mol. The molecule has 132 valence electrons. The van der Waals surface area contributed by atoms with Crippen molar-refractivity contribution in [1.82, 2.24) is 0 Å². The van der Waals surface area contributed by atoms with E-state index in [0.717, 1.165) is 17.1 Å². The number of aryl methyl sites for hydroxylation is 1. The highest BCUT2D eigenvalue weighted by Gasteiger charge is 2.03. The number of carboxylic acid groups (broad SMARTS) is 1. The summed E-state index contributed by atoms with van der Waals surface area (Å²) in [7, 11) is 0. The zero-order valence-electron chi connectivity index (χ0n) is 14.6. The molecule has 0 aromatic heterocycles. The first-order chi connectivity index (χ1) is 12.6. The minimum atomic E-state index is -0.800. The molecule has 3 aromatic rings. The number of thioether (sulfide) groups is 1. The molecule has 0 radical (unpaired) electrons. The molecule has 4 heteroatoms. The van der Waals surface area contributed by atoms with Crippen LogP contribution in [0.3, 0.4) is 0 Å².